The van der Waals surface area contributed by atoms with Gasteiger partial charge in [0.15, 0.2) is 0 Å². The third-order valence-corrected chi connectivity index (χ3v) is 3.55. The molecule has 0 bridgehead atoms. The van der Waals surface area contributed by atoms with E-state index in [1.807, 2.05) is 7.05 Å². The quantitative estimate of drug-likeness (QED) is 0.896. The van der Waals surface area contributed by atoms with E-state index in [2.05, 4.69) is 12.2 Å². The van der Waals surface area contributed by atoms with Gasteiger partial charge in [-0.1, -0.05) is 6.92 Å². The first-order chi connectivity index (χ1) is 8.58. The van der Waals surface area contributed by atoms with Crippen LogP contribution in [0.4, 0.5) is 8.78 Å². The van der Waals surface area contributed by atoms with Crippen LogP contribution in [0, 0.1) is 17.6 Å². The predicted octanol–water partition coefficient (Wildman–Crippen LogP) is 3.12. The number of benzene rings is 1. The van der Waals surface area contributed by atoms with Gasteiger partial charge in [0.2, 0.25) is 0 Å². The second-order valence-corrected chi connectivity index (χ2v) is 5.07. The van der Waals surface area contributed by atoms with Gasteiger partial charge in [0, 0.05) is 24.2 Å². The monoisotopic (exact) mass is 255 g/mol. The summed E-state index contributed by atoms with van der Waals surface area (Å²) in [5.74, 6) is -0.352. The lowest BCUT2D eigenvalue weighted by atomic mass is 9.85. The van der Waals surface area contributed by atoms with E-state index in [4.69, 9.17) is 4.74 Å². The van der Waals surface area contributed by atoms with E-state index in [0.717, 1.165) is 25.3 Å². The zero-order valence-electron chi connectivity index (χ0n) is 10.7. The molecule has 18 heavy (non-hydrogen) atoms. The van der Waals surface area contributed by atoms with Crippen molar-refractivity contribution in [1.82, 2.24) is 5.32 Å². The highest BCUT2D eigenvalue weighted by Gasteiger charge is 2.29. The fourth-order valence-corrected chi connectivity index (χ4v) is 2.56. The zero-order valence-corrected chi connectivity index (χ0v) is 10.7. The van der Waals surface area contributed by atoms with Crippen molar-refractivity contribution in [2.24, 2.45) is 5.92 Å². The molecule has 0 heterocycles. The highest BCUT2D eigenvalue weighted by atomic mass is 19.1. The number of hydrogen-bond donors (Lipinski definition) is 1. The van der Waals surface area contributed by atoms with Gasteiger partial charge in [-0.25, -0.2) is 8.78 Å². The van der Waals surface area contributed by atoms with Gasteiger partial charge in [0.1, 0.15) is 23.5 Å². The number of rotatable bonds is 3. The molecular formula is C14H19F2NO. The van der Waals surface area contributed by atoms with Crippen molar-refractivity contribution in [3.63, 3.8) is 0 Å². The van der Waals surface area contributed by atoms with Gasteiger partial charge in [-0.2, -0.15) is 0 Å². The second kappa shape index (κ2) is 5.65. The molecule has 1 fully saturated rings. The maximum absolute atomic E-state index is 13.1. The van der Waals surface area contributed by atoms with Gasteiger partial charge in [-0.15, -0.1) is 0 Å². The minimum Gasteiger partial charge on any atom is -0.489 e. The van der Waals surface area contributed by atoms with Crippen LogP contribution in [-0.2, 0) is 0 Å². The Bertz CT molecular complexity index is 391. The van der Waals surface area contributed by atoms with E-state index in [1.165, 1.54) is 12.1 Å². The highest BCUT2D eigenvalue weighted by Crippen LogP contribution is 2.28. The van der Waals surface area contributed by atoms with Gasteiger partial charge in [0.05, 0.1) is 0 Å². The van der Waals surface area contributed by atoms with Crippen molar-refractivity contribution in [1.29, 1.82) is 0 Å². The first kappa shape index (κ1) is 13.3. The summed E-state index contributed by atoms with van der Waals surface area (Å²) in [6.07, 6.45) is 3.06. The highest BCUT2D eigenvalue weighted by molar-refractivity contribution is 5.24. The van der Waals surface area contributed by atoms with Crippen LogP contribution in [0.5, 0.6) is 5.75 Å². The fourth-order valence-electron chi connectivity index (χ4n) is 2.56. The molecule has 1 aliphatic rings. The third kappa shape index (κ3) is 3.19. The molecule has 3 atom stereocenters. The lowest BCUT2D eigenvalue weighted by molar-refractivity contribution is 0.0937. The van der Waals surface area contributed by atoms with Crippen LogP contribution in [0.3, 0.4) is 0 Å². The third-order valence-electron chi connectivity index (χ3n) is 3.55. The summed E-state index contributed by atoms with van der Waals surface area (Å²) in [4.78, 5) is 0. The van der Waals surface area contributed by atoms with Crippen LogP contribution in [0.1, 0.15) is 26.2 Å². The number of halogens is 2. The summed E-state index contributed by atoms with van der Waals surface area (Å²) in [5, 5.41) is 3.21. The zero-order chi connectivity index (χ0) is 13.1. The second-order valence-electron chi connectivity index (χ2n) is 5.07. The van der Waals surface area contributed by atoms with Gasteiger partial charge >= 0.3 is 0 Å². The van der Waals surface area contributed by atoms with Crippen molar-refractivity contribution < 1.29 is 13.5 Å². The standard InChI is InChI=1S/C14H19F2NO/c1-9-3-4-13(17-2)14(5-9)18-12-7-10(15)6-11(16)8-12/h6-9,13-14,17H,3-5H2,1-2H3. The maximum Gasteiger partial charge on any atom is 0.129 e. The summed E-state index contributed by atoms with van der Waals surface area (Å²) >= 11 is 0. The van der Waals surface area contributed by atoms with Crippen LogP contribution < -0.4 is 10.1 Å². The summed E-state index contributed by atoms with van der Waals surface area (Å²) in [6, 6.07) is 3.56. The molecular weight excluding hydrogens is 236 g/mol. The Morgan fingerprint density at radius 1 is 1.17 bits per heavy atom. The average molecular weight is 255 g/mol. The molecule has 2 rings (SSSR count). The van der Waals surface area contributed by atoms with Crippen molar-refractivity contribution in [2.75, 3.05) is 7.05 Å². The van der Waals surface area contributed by atoms with E-state index in [0.29, 0.717) is 5.92 Å². The lowest BCUT2D eigenvalue weighted by Gasteiger charge is -2.34. The number of hydrogen-bond acceptors (Lipinski definition) is 2. The molecule has 1 N–H and O–H groups in total. The Morgan fingerprint density at radius 3 is 2.44 bits per heavy atom. The van der Waals surface area contributed by atoms with Gasteiger partial charge in [-0.3, -0.25) is 0 Å². The average Bonchev–Trinajstić information content (AvgIpc) is 2.27. The SMILES string of the molecule is CNC1CCC(C)CC1Oc1cc(F)cc(F)c1. The molecule has 2 nitrogen and oxygen atoms in total. The molecule has 1 aromatic rings. The fraction of sp³-hybridized carbons (Fsp3) is 0.571. The summed E-state index contributed by atoms with van der Waals surface area (Å²) in [5.41, 5.74) is 0. The van der Waals surface area contributed by atoms with Crippen molar-refractivity contribution >= 4 is 0 Å². The molecule has 3 unspecified atom stereocenters. The van der Waals surface area contributed by atoms with Gasteiger partial charge in [0.25, 0.3) is 0 Å². The van der Waals surface area contributed by atoms with Crippen molar-refractivity contribution in [3.05, 3.63) is 29.8 Å². The van der Waals surface area contributed by atoms with Crippen LogP contribution in [0.15, 0.2) is 18.2 Å². The molecule has 1 aromatic carbocycles. The smallest absolute Gasteiger partial charge is 0.129 e. The molecule has 1 aliphatic carbocycles. The molecule has 0 spiro atoms. The minimum absolute atomic E-state index is 0.0278. The molecule has 100 valence electrons. The Labute approximate surface area is 106 Å². The molecule has 0 aliphatic heterocycles. The Morgan fingerprint density at radius 2 is 1.83 bits per heavy atom. The van der Waals surface area contributed by atoms with Crippen LogP contribution in [0.25, 0.3) is 0 Å². The van der Waals surface area contributed by atoms with E-state index in [-0.39, 0.29) is 17.9 Å². The van der Waals surface area contributed by atoms with Crippen molar-refractivity contribution in [3.8, 4) is 5.75 Å². The summed E-state index contributed by atoms with van der Waals surface area (Å²) in [6.45, 7) is 2.17. The van der Waals surface area contributed by atoms with Gasteiger partial charge < -0.3 is 10.1 Å². The lowest BCUT2D eigenvalue weighted by Crippen LogP contribution is -2.45. The molecule has 0 amide bonds. The number of nitrogens with one attached hydrogen (secondary N) is 1. The Hall–Kier alpha value is -1.16. The van der Waals surface area contributed by atoms with Crippen molar-refractivity contribution in [2.45, 2.75) is 38.3 Å². The predicted molar refractivity (Wildman–Crippen MR) is 66.6 cm³/mol. The van der Waals surface area contributed by atoms with Crippen LogP contribution >= 0.6 is 0 Å². The number of ether oxygens (including phenoxy) is 1. The topological polar surface area (TPSA) is 21.3 Å². The largest absolute Gasteiger partial charge is 0.489 e. The van der Waals surface area contributed by atoms with Crippen LogP contribution in [-0.4, -0.2) is 19.2 Å². The van der Waals surface area contributed by atoms with E-state index < -0.39 is 11.6 Å². The van der Waals surface area contributed by atoms with Crippen LogP contribution in [0.2, 0.25) is 0 Å². The maximum atomic E-state index is 13.1. The van der Waals surface area contributed by atoms with Gasteiger partial charge in [-0.05, 0) is 32.2 Å². The summed E-state index contributed by atoms with van der Waals surface area (Å²) < 4.78 is 32.0. The van der Waals surface area contributed by atoms with E-state index in [9.17, 15) is 8.78 Å². The number of likely N-dealkylation sites (N-methyl/N-ethyl adjacent to an activating group) is 1. The Balaban J connectivity index is 2.10. The molecule has 0 radical (unpaired) electrons. The Kier molecular flexibility index (Phi) is 4.17. The first-order valence-corrected chi connectivity index (χ1v) is 6.38. The molecule has 0 saturated heterocycles. The normalized spacial score (nSPS) is 28.1. The van der Waals surface area contributed by atoms with E-state index >= 15 is 0 Å². The molecule has 1 saturated carbocycles. The molecule has 4 heteroatoms. The molecule has 0 aromatic heterocycles. The summed E-state index contributed by atoms with van der Waals surface area (Å²) in [7, 11) is 1.89. The van der Waals surface area contributed by atoms with E-state index in [1.54, 1.807) is 0 Å². The minimum atomic E-state index is -0.602. The first-order valence-electron chi connectivity index (χ1n) is 6.38.